The van der Waals surface area contributed by atoms with Crippen LogP contribution in [-0.4, -0.2) is 171 Å². The van der Waals surface area contributed by atoms with E-state index in [0.717, 1.165) is 12.8 Å². The van der Waals surface area contributed by atoms with Crippen LogP contribution in [0.5, 0.6) is 0 Å². The monoisotopic (exact) mass is 695 g/mol. The maximum absolute atomic E-state index is 13.4. The highest BCUT2D eigenvalue weighted by atomic mass is 32.2. The number of nitrogens with zero attached hydrogens (tertiary/aromatic N) is 1. The molecule has 0 spiro atoms. The predicted octanol–water partition coefficient (Wildman–Crippen LogP) is -3.62. The normalized spacial score (nSPS) is 38.8. The molecular weight excluding hydrogens is 646 g/mol. The van der Waals surface area contributed by atoms with Crippen LogP contribution in [0, 0.1) is 17.8 Å². The Hall–Kier alpha value is -1.81. The molecule has 2 aliphatic heterocycles. The number of fused-ring (bicyclic) bond motifs is 2. The van der Waals surface area contributed by atoms with Crippen LogP contribution in [0.2, 0.25) is 0 Å². The van der Waals surface area contributed by atoms with Gasteiger partial charge in [0.15, 0.2) is 24.8 Å². The summed E-state index contributed by atoms with van der Waals surface area (Å²) in [5.41, 5.74) is 0. The summed E-state index contributed by atoms with van der Waals surface area (Å²) >= 11 is 0. The van der Waals surface area contributed by atoms with Gasteiger partial charge in [0, 0.05) is 32.9 Å². The Kier molecular flexibility index (Phi) is 12.8. The smallest absolute Gasteiger partial charge is 0.252 e. The molecule has 0 radical (unpaired) electrons. The van der Waals surface area contributed by atoms with Gasteiger partial charge in [-0.05, 0) is 30.6 Å². The molecule has 4 aliphatic rings. The zero-order valence-electron chi connectivity index (χ0n) is 27.0. The van der Waals surface area contributed by atoms with Crippen molar-refractivity contribution in [3.63, 3.8) is 0 Å². The lowest BCUT2D eigenvalue weighted by atomic mass is 9.93. The molecule has 1 saturated carbocycles. The number of methoxy groups -OCH3 is 2. The zero-order valence-corrected chi connectivity index (χ0v) is 27.9. The molecule has 0 aromatic heterocycles. The van der Waals surface area contributed by atoms with E-state index in [-0.39, 0.29) is 23.4 Å². The van der Waals surface area contributed by atoms with Gasteiger partial charge in [0.2, 0.25) is 0 Å². The first kappa shape index (κ1) is 38.0. The molecule has 7 unspecified atom stereocenters. The average molecular weight is 696 g/mol. The highest BCUT2D eigenvalue weighted by molar-refractivity contribution is 7.85. The molecule has 2 heterocycles. The number of allylic oxidation sites excluding steroid dienone is 2. The van der Waals surface area contributed by atoms with Gasteiger partial charge in [-0.15, -0.1) is 0 Å². The maximum atomic E-state index is 13.4. The van der Waals surface area contributed by atoms with E-state index in [9.17, 15) is 43.0 Å². The Morgan fingerprint density at radius 1 is 0.872 bits per heavy atom. The number of amides is 2. The minimum absolute atomic E-state index is 0.0941. The number of ether oxygens (including phenoxy) is 5. The molecule has 6 N–H and O–H groups in total. The van der Waals surface area contributed by atoms with Crippen LogP contribution in [0.1, 0.15) is 19.3 Å². The van der Waals surface area contributed by atoms with Crippen LogP contribution in [0.15, 0.2) is 12.2 Å². The van der Waals surface area contributed by atoms with Gasteiger partial charge in [-0.3, -0.25) is 9.59 Å². The second-order valence-corrected chi connectivity index (χ2v) is 14.9. The third-order valence-corrected chi connectivity index (χ3v) is 10.3. The SMILES string of the molecule is COC1OC(C(=O)NCC2CC3C=CC2C3)[C@@H](OC2OC(C(=O)NCC[N+](C)(C)CCCS(=O)(=O)[O-])[C@@H](OC)[C@H](O)[C@H]2O)[C@H](O)[C@H]1O. The molecule has 18 heteroatoms. The predicted molar refractivity (Wildman–Crippen MR) is 160 cm³/mol. The average Bonchev–Trinajstić information content (AvgIpc) is 3.63. The lowest BCUT2D eigenvalue weighted by Gasteiger charge is -2.46. The number of hydrogen-bond acceptors (Lipinski definition) is 14. The number of likely N-dealkylation sites (N-methyl/N-ethyl adjacent to an activating group) is 1. The minimum Gasteiger partial charge on any atom is -0.748 e. The Labute approximate surface area is 274 Å². The van der Waals surface area contributed by atoms with Gasteiger partial charge in [-0.2, -0.15) is 0 Å². The molecule has 3 fully saturated rings. The van der Waals surface area contributed by atoms with Gasteiger partial charge in [0.05, 0.1) is 43.8 Å². The van der Waals surface area contributed by atoms with Gasteiger partial charge in [0.1, 0.15) is 36.6 Å². The van der Waals surface area contributed by atoms with Gasteiger partial charge >= 0.3 is 0 Å². The van der Waals surface area contributed by atoms with E-state index in [1.807, 2.05) is 0 Å². The molecular formula is C29H49N3O14S. The first-order valence-corrected chi connectivity index (χ1v) is 17.4. The van der Waals surface area contributed by atoms with Crippen LogP contribution in [-0.2, 0) is 43.4 Å². The quantitative estimate of drug-likeness (QED) is 0.0551. The molecule has 2 bridgehead atoms. The molecule has 17 nitrogen and oxygen atoms in total. The summed E-state index contributed by atoms with van der Waals surface area (Å²) in [6.45, 7) is 1.14. The lowest BCUT2D eigenvalue weighted by molar-refractivity contribution is -0.889. The largest absolute Gasteiger partial charge is 0.748 e. The number of rotatable bonds is 15. The summed E-state index contributed by atoms with van der Waals surface area (Å²) in [4.78, 5) is 26.6. The molecule has 2 amide bonds. The minimum atomic E-state index is -4.34. The van der Waals surface area contributed by atoms with Crippen LogP contribution in [0.3, 0.4) is 0 Å². The fourth-order valence-electron chi connectivity index (χ4n) is 6.80. The van der Waals surface area contributed by atoms with Crippen molar-refractivity contribution in [2.75, 3.05) is 60.2 Å². The van der Waals surface area contributed by atoms with E-state index in [1.54, 1.807) is 14.1 Å². The Morgan fingerprint density at radius 2 is 1.49 bits per heavy atom. The van der Waals surface area contributed by atoms with E-state index in [1.165, 1.54) is 14.2 Å². The van der Waals surface area contributed by atoms with E-state index >= 15 is 0 Å². The molecule has 270 valence electrons. The standard InChI is InChI=1S/C29H49N3O14S/c1-32(2,9-5-11-47(39,40)41)10-8-30-26(37)24-22(42-3)18(33)21(36)29(46-24)44-23-19(34)20(35)28(43-4)45-25(23)27(38)31-14-17-13-15-6-7-16(17)12-15/h6-7,15-25,28-29,33-36H,5,8-14H2,1-4H3,(H2-,30,31,37,38,39,40,41)/t15?,16?,17?,18-,19-,20-,21-,22+,23+,24?,25?,28?,29?/m1/s1. The van der Waals surface area contributed by atoms with Crippen molar-refractivity contribution in [1.82, 2.24) is 10.6 Å². The van der Waals surface area contributed by atoms with Gasteiger partial charge in [-0.1, -0.05) is 12.2 Å². The van der Waals surface area contributed by atoms with Crippen LogP contribution < -0.4 is 10.6 Å². The third-order valence-electron chi connectivity index (χ3n) is 9.53. The van der Waals surface area contributed by atoms with Crippen molar-refractivity contribution < 1.29 is 71.2 Å². The first-order chi connectivity index (χ1) is 22.0. The lowest BCUT2D eigenvalue weighted by Crippen LogP contribution is -2.67. The molecule has 13 atom stereocenters. The third kappa shape index (κ3) is 9.46. The number of quaternary nitrogens is 1. The fourth-order valence-corrected chi connectivity index (χ4v) is 7.28. The van der Waals surface area contributed by atoms with E-state index in [0.29, 0.717) is 31.5 Å². The highest BCUT2D eigenvalue weighted by Crippen LogP contribution is 2.43. The fraction of sp³-hybridized carbons (Fsp3) is 0.862. The van der Waals surface area contributed by atoms with Crippen molar-refractivity contribution in [3.05, 3.63) is 12.2 Å². The van der Waals surface area contributed by atoms with Gasteiger partial charge in [-0.25, -0.2) is 8.42 Å². The number of carbonyl (C=O) groups is 2. The number of aliphatic hydroxyl groups is 4. The van der Waals surface area contributed by atoms with E-state index in [2.05, 4.69) is 22.8 Å². The van der Waals surface area contributed by atoms with Gasteiger partial charge < -0.3 is 63.8 Å². The molecule has 2 saturated heterocycles. The van der Waals surface area contributed by atoms with Crippen molar-refractivity contribution in [1.29, 1.82) is 0 Å². The Morgan fingerprint density at radius 3 is 2.09 bits per heavy atom. The number of carbonyl (C=O) groups excluding carboxylic acids is 2. The molecule has 4 rings (SSSR count). The summed E-state index contributed by atoms with van der Waals surface area (Å²) in [6, 6.07) is 0. The Balaban J connectivity index is 1.41. The van der Waals surface area contributed by atoms with Crippen molar-refractivity contribution >= 4 is 21.9 Å². The molecule has 0 aromatic rings. The maximum Gasteiger partial charge on any atom is 0.252 e. The number of aliphatic hydroxyl groups excluding tert-OH is 4. The highest BCUT2D eigenvalue weighted by Gasteiger charge is 2.54. The van der Waals surface area contributed by atoms with Crippen LogP contribution >= 0.6 is 0 Å². The second kappa shape index (κ2) is 15.8. The molecule has 0 aromatic carbocycles. The summed E-state index contributed by atoms with van der Waals surface area (Å²) in [6.07, 6.45) is -9.61. The first-order valence-electron chi connectivity index (χ1n) is 15.8. The van der Waals surface area contributed by atoms with Crippen LogP contribution in [0.4, 0.5) is 0 Å². The van der Waals surface area contributed by atoms with Crippen molar-refractivity contribution in [2.45, 2.75) is 80.7 Å². The zero-order chi connectivity index (χ0) is 34.7. The second-order valence-electron chi connectivity index (χ2n) is 13.4. The van der Waals surface area contributed by atoms with E-state index < -0.39 is 89.1 Å². The van der Waals surface area contributed by atoms with Gasteiger partial charge in [0.25, 0.3) is 11.8 Å². The summed E-state index contributed by atoms with van der Waals surface area (Å²) in [7, 11) is 1.69. The summed E-state index contributed by atoms with van der Waals surface area (Å²) < 4.78 is 60.7. The number of nitrogens with one attached hydrogen (secondary N) is 2. The molecule has 2 aliphatic carbocycles. The molecule has 47 heavy (non-hydrogen) atoms. The van der Waals surface area contributed by atoms with Crippen molar-refractivity contribution in [2.24, 2.45) is 17.8 Å². The summed E-state index contributed by atoms with van der Waals surface area (Å²) in [5.74, 6) is -0.814. The Bertz CT molecular complexity index is 1220. The topological polar surface area (TPSA) is 242 Å². The summed E-state index contributed by atoms with van der Waals surface area (Å²) in [5, 5.41) is 48.8. The van der Waals surface area contributed by atoms with Crippen LogP contribution in [0.25, 0.3) is 0 Å². The van der Waals surface area contributed by atoms with Crippen molar-refractivity contribution in [3.8, 4) is 0 Å². The van der Waals surface area contributed by atoms with E-state index in [4.69, 9.17) is 23.7 Å². The number of hydrogen-bond donors (Lipinski definition) is 6.